The zero-order valence-electron chi connectivity index (χ0n) is 18.0. The molecule has 0 radical (unpaired) electrons. The Morgan fingerprint density at radius 2 is 1.90 bits per heavy atom. The molecule has 0 saturated carbocycles. The van der Waals surface area contributed by atoms with E-state index in [-0.39, 0.29) is 5.91 Å². The Hall–Kier alpha value is -3.20. The predicted molar refractivity (Wildman–Crippen MR) is 118 cm³/mol. The molecule has 2 aliphatic heterocycles. The third-order valence-corrected chi connectivity index (χ3v) is 6.16. The maximum absolute atomic E-state index is 11.7. The van der Waals surface area contributed by atoms with Gasteiger partial charge in [-0.25, -0.2) is 15.0 Å². The van der Waals surface area contributed by atoms with Crippen LogP contribution in [0.1, 0.15) is 17.1 Å². The van der Waals surface area contributed by atoms with Crippen molar-refractivity contribution < 1.29 is 9.21 Å². The molecule has 2 saturated heterocycles. The Balaban J connectivity index is 1.24. The number of fused-ring (bicyclic) bond motifs is 1. The lowest BCUT2D eigenvalue weighted by molar-refractivity contribution is -0.120. The van der Waals surface area contributed by atoms with E-state index in [4.69, 9.17) is 4.42 Å². The number of nitrogens with zero attached hydrogens (tertiary/aromatic N) is 6. The molecule has 2 aromatic heterocycles. The number of aromatic nitrogens is 3. The molecule has 0 spiro atoms. The Kier molecular flexibility index (Phi) is 5.19. The minimum Gasteiger partial charge on any atom is -0.439 e. The van der Waals surface area contributed by atoms with Crippen molar-refractivity contribution >= 4 is 28.5 Å². The number of oxazole rings is 1. The molecule has 2 fully saturated rings. The number of aryl methyl sites for hydroxylation is 1. The number of anilines is 2. The molecule has 0 unspecified atom stereocenters. The second-order valence-corrected chi connectivity index (χ2v) is 8.20. The van der Waals surface area contributed by atoms with Crippen LogP contribution in [0, 0.1) is 13.8 Å². The summed E-state index contributed by atoms with van der Waals surface area (Å²) >= 11 is 0. The molecule has 162 valence electrons. The summed E-state index contributed by atoms with van der Waals surface area (Å²) in [5, 5.41) is 2.86. The van der Waals surface area contributed by atoms with Crippen LogP contribution >= 0.6 is 0 Å². The van der Waals surface area contributed by atoms with Crippen LogP contribution in [0.3, 0.4) is 0 Å². The molecule has 31 heavy (non-hydrogen) atoms. The fourth-order valence-corrected chi connectivity index (χ4v) is 4.24. The van der Waals surface area contributed by atoms with Crippen LogP contribution in [0.25, 0.3) is 11.1 Å². The molecule has 1 amide bonds. The van der Waals surface area contributed by atoms with Gasteiger partial charge in [0.15, 0.2) is 5.58 Å². The van der Waals surface area contributed by atoms with Gasteiger partial charge in [0.25, 0.3) is 0 Å². The monoisotopic (exact) mass is 421 g/mol. The minimum atomic E-state index is 0.0519. The van der Waals surface area contributed by atoms with Gasteiger partial charge in [-0.2, -0.15) is 0 Å². The summed E-state index contributed by atoms with van der Waals surface area (Å²) in [5.41, 5.74) is 4.80. The lowest BCUT2D eigenvalue weighted by atomic mass is 10.2. The number of amides is 1. The van der Waals surface area contributed by atoms with Gasteiger partial charge in [0.1, 0.15) is 17.7 Å². The highest BCUT2D eigenvalue weighted by molar-refractivity contribution is 5.84. The summed E-state index contributed by atoms with van der Waals surface area (Å²) in [5.74, 6) is 1.81. The van der Waals surface area contributed by atoms with Crippen LogP contribution in [0.2, 0.25) is 0 Å². The van der Waals surface area contributed by atoms with Crippen LogP contribution in [0.5, 0.6) is 0 Å². The third kappa shape index (κ3) is 4.05. The van der Waals surface area contributed by atoms with E-state index in [2.05, 4.69) is 41.9 Å². The molecule has 0 atom stereocenters. The maximum atomic E-state index is 11.7. The van der Waals surface area contributed by atoms with E-state index in [0.717, 1.165) is 72.5 Å². The molecular formula is C22H27N7O2. The molecule has 0 aliphatic carbocycles. The lowest BCUT2D eigenvalue weighted by Gasteiger charge is -2.35. The summed E-state index contributed by atoms with van der Waals surface area (Å²) in [6, 6.07) is 5.98. The number of hydrogen-bond acceptors (Lipinski definition) is 8. The van der Waals surface area contributed by atoms with Gasteiger partial charge < -0.3 is 19.5 Å². The predicted octanol–water partition coefficient (Wildman–Crippen LogP) is 1.49. The number of carbonyl (C=O) groups excluding carboxylic acids is 1. The van der Waals surface area contributed by atoms with Crippen molar-refractivity contribution in [2.24, 2.45) is 0 Å². The summed E-state index contributed by atoms with van der Waals surface area (Å²) in [4.78, 5) is 31.9. The number of piperazine rings is 2. The number of hydrogen-bond donors (Lipinski definition) is 1. The van der Waals surface area contributed by atoms with Crippen LogP contribution in [0.15, 0.2) is 28.9 Å². The van der Waals surface area contributed by atoms with Gasteiger partial charge in [-0.1, -0.05) is 0 Å². The zero-order valence-corrected chi connectivity index (χ0v) is 18.0. The number of rotatable bonds is 4. The van der Waals surface area contributed by atoms with Crippen molar-refractivity contribution in [1.82, 2.24) is 25.2 Å². The van der Waals surface area contributed by atoms with Gasteiger partial charge >= 0.3 is 0 Å². The van der Waals surface area contributed by atoms with E-state index in [1.807, 2.05) is 25.1 Å². The molecule has 4 heterocycles. The van der Waals surface area contributed by atoms with Crippen LogP contribution in [0.4, 0.5) is 11.5 Å². The fraction of sp³-hybridized carbons (Fsp3) is 0.455. The Bertz CT molecular complexity index is 1100. The van der Waals surface area contributed by atoms with E-state index in [0.29, 0.717) is 19.6 Å². The van der Waals surface area contributed by atoms with Gasteiger partial charge in [0, 0.05) is 62.3 Å². The maximum Gasteiger partial charge on any atom is 0.239 e. The molecule has 3 aromatic rings. The van der Waals surface area contributed by atoms with Crippen molar-refractivity contribution in [3.63, 3.8) is 0 Å². The molecule has 5 rings (SSSR count). The minimum absolute atomic E-state index is 0.0519. The van der Waals surface area contributed by atoms with Crippen LogP contribution in [-0.2, 0) is 11.3 Å². The Morgan fingerprint density at radius 3 is 2.71 bits per heavy atom. The third-order valence-electron chi connectivity index (χ3n) is 6.16. The van der Waals surface area contributed by atoms with E-state index in [1.54, 1.807) is 6.33 Å². The molecule has 9 heteroatoms. The SMILES string of the molecule is Cc1ncnc(N2CCN(Cc3nc4ccc(N5CCNC(=O)C5)cc4o3)CC2)c1C. The largest absolute Gasteiger partial charge is 0.439 e. The summed E-state index contributed by atoms with van der Waals surface area (Å²) in [6.07, 6.45) is 1.65. The van der Waals surface area contributed by atoms with Crippen molar-refractivity contribution in [1.29, 1.82) is 0 Å². The second kappa shape index (κ2) is 8.14. The number of carbonyl (C=O) groups is 1. The Morgan fingerprint density at radius 1 is 1.06 bits per heavy atom. The average Bonchev–Trinajstić information content (AvgIpc) is 3.18. The average molecular weight is 422 g/mol. The first-order valence-electron chi connectivity index (χ1n) is 10.7. The molecule has 9 nitrogen and oxygen atoms in total. The number of benzene rings is 1. The Labute approximate surface area is 181 Å². The first-order chi connectivity index (χ1) is 15.1. The van der Waals surface area contributed by atoms with Gasteiger partial charge in [-0.3, -0.25) is 9.69 Å². The summed E-state index contributed by atoms with van der Waals surface area (Å²) < 4.78 is 6.06. The molecular weight excluding hydrogens is 394 g/mol. The quantitative estimate of drug-likeness (QED) is 0.678. The van der Waals surface area contributed by atoms with Crippen molar-refractivity contribution in [2.45, 2.75) is 20.4 Å². The highest BCUT2D eigenvalue weighted by Gasteiger charge is 2.22. The first kappa shape index (κ1) is 19.7. The van der Waals surface area contributed by atoms with Gasteiger partial charge in [0.05, 0.1) is 13.1 Å². The first-order valence-corrected chi connectivity index (χ1v) is 10.7. The molecule has 1 N–H and O–H groups in total. The van der Waals surface area contributed by atoms with Crippen molar-refractivity contribution in [3.8, 4) is 0 Å². The second-order valence-electron chi connectivity index (χ2n) is 8.20. The standard InChI is InChI=1S/C22H27N7O2/c1-15-16(2)24-14-25-22(15)28-9-7-27(8-10-28)13-21-26-18-4-3-17(11-19(18)31-21)29-6-5-23-20(30)12-29/h3-4,11,14H,5-10,12-13H2,1-2H3,(H,23,30). The fourth-order valence-electron chi connectivity index (χ4n) is 4.24. The van der Waals surface area contributed by atoms with Crippen LogP contribution in [-0.4, -0.2) is 71.6 Å². The lowest BCUT2D eigenvalue weighted by Crippen LogP contribution is -2.47. The molecule has 1 aromatic carbocycles. The summed E-state index contributed by atoms with van der Waals surface area (Å²) in [6.45, 7) is 10.3. The topological polar surface area (TPSA) is 90.6 Å². The van der Waals surface area contributed by atoms with E-state index in [1.165, 1.54) is 0 Å². The van der Waals surface area contributed by atoms with Crippen molar-refractivity contribution in [2.75, 3.05) is 55.6 Å². The summed E-state index contributed by atoms with van der Waals surface area (Å²) in [7, 11) is 0. The molecule has 2 aliphatic rings. The van der Waals surface area contributed by atoms with Gasteiger partial charge in [-0.05, 0) is 26.0 Å². The van der Waals surface area contributed by atoms with E-state index in [9.17, 15) is 4.79 Å². The number of nitrogens with one attached hydrogen (secondary N) is 1. The van der Waals surface area contributed by atoms with E-state index < -0.39 is 0 Å². The van der Waals surface area contributed by atoms with E-state index >= 15 is 0 Å². The highest BCUT2D eigenvalue weighted by Crippen LogP contribution is 2.25. The van der Waals surface area contributed by atoms with Gasteiger partial charge in [0.2, 0.25) is 11.8 Å². The normalized spacial score (nSPS) is 17.9. The molecule has 0 bridgehead atoms. The van der Waals surface area contributed by atoms with Crippen molar-refractivity contribution in [3.05, 3.63) is 41.7 Å². The highest BCUT2D eigenvalue weighted by atomic mass is 16.3. The smallest absolute Gasteiger partial charge is 0.239 e. The van der Waals surface area contributed by atoms with Crippen LogP contribution < -0.4 is 15.1 Å². The zero-order chi connectivity index (χ0) is 21.4. The van der Waals surface area contributed by atoms with Gasteiger partial charge in [-0.15, -0.1) is 0 Å².